The van der Waals surface area contributed by atoms with E-state index in [2.05, 4.69) is 10.0 Å². The molecule has 126 valence electrons. The third kappa shape index (κ3) is 3.65. The lowest BCUT2D eigenvalue weighted by Crippen LogP contribution is -2.14. The highest BCUT2D eigenvalue weighted by Gasteiger charge is 2.16. The SMILES string of the molecule is CS(=O)(=O)Nc1cc(NC(=O)c2ccc3c(c2)CCO3)ccc1F. The van der Waals surface area contributed by atoms with Crippen molar-refractivity contribution in [3.8, 4) is 5.75 Å². The van der Waals surface area contributed by atoms with Crippen molar-refractivity contribution in [2.75, 3.05) is 22.9 Å². The average molecular weight is 350 g/mol. The highest BCUT2D eigenvalue weighted by atomic mass is 32.2. The zero-order valence-corrected chi connectivity index (χ0v) is 13.6. The van der Waals surface area contributed by atoms with Crippen molar-refractivity contribution >= 4 is 27.3 Å². The molecular weight excluding hydrogens is 335 g/mol. The number of nitrogens with one attached hydrogen (secondary N) is 2. The first-order valence-electron chi connectivity index (χ1n) is 7.16. The minimum atomic E-state index is -3.62. The second-order valence-electron chi connectivity index (χ2n) is 5.44. The quantitative estimate of drug-likeness (QED) is 0.887. The largest absolute Gasteiger partial charge is 0.493 e. The van der Waals surface area contributed by atoms with Gasteiger partial charge in [0.2, 0.25) is 10.0 Å². The van der Waals surface area contributed by atoms with Crippen LogP contribution in [0.4, 0.5) is 15.8 Å². The van der Waals surface area contributed by atoms with Crippen molar-refractivity contribution in [3.63, 3.8) is 0 Å². The molecule has 8 heteroatoms. The Morgan fingerprint density at radius 2 is 2.00 bits per heavy atom. The highest BCUT2D eigenvalue weighted by Crippen LogP contribution is 2.26. The Balaban J connectivity index is 1.80. The van der Waals surface area contributed by atoms with E-state index in [0.29, 0.717) is 12.2 Å². The summed E-state index contributed by atoms with van der Waals surface area (Å²) in [6.07, 6.45) is 1.67. The minimum Gasteiger partial charge on any atom is -0.493 e. The molecule has 3 rings (SSSR count). The fourth-order valence-electron chi connectivity index (χ4n) is 2.41. The Morgan fingerprint density at radius 3 is 2.75 bits per heavy atom. The van der Waals surface area contributed by atoms with E-state index in [4.69, 9.17) is 4.74 Å². The van der Waals surface area contributed by atoms with E-state index < -0.39 is 15.8 Å². The maximum atomic E-state index is 13.7. The van der Waals surface area contributed by atoms with Gasteiger partial charge in [0.05, 0.1) is 18.6 Å². The Kier molecular flexibility index (Phi) is 4.15. The predicted molar refractivity (Wildman–Crippen MR) is 88.5 cm³/mol. The summed E-state index contributed by atoms with van der Waals surface area (Å²) in [4.78, 5) is 12.3. The first-order chi connectivity index (χ1) is 11.3. The molecule has 0 aromatic heterocycles. The molecule has 1 amide bonds. The summed E-state index contributed by atoms with van der Waals surface area (Å²) < 4.78 is 43.6. The standard InChI is InChI=1S/C16H15FN2O4S/c1-24(21,22)19-14-9-12(3-4-13(14)17)18-16(20)11-2-5-15-10(8-11)6-7-23-15/h2-5,8-9,19H,6-7H2,1H3,(H,18,20). The third-order valence-electron chi connectivity index (χ3n) is 3.47. The van der Waals surface area contributed by atoms with Crippen LogP contribution in [0.1, 0.15) is 15.9 Å². The zero-order valence-electron chi connectivity index (χ0n) is 12.8. The van der Waals surface area contributed by atoms with Gasteiger partial charge < -0.3 is 10.1 Å². The summed E-state index contributed by atoms with van der Waals surface area (Å²) in [5, 5.41) is 2.62. The van der Waals surface area contributed by atoms with Crippen LogP contribution in [-0.2, 0) is 16.4 Å². The van der Waals surface area contributed by atoms with Crippen LogP contribution in [0.2, 0.25) is 0 Å². The Labute approximate surface area is 138 Å². The number of sulfonamides is 1. The van der Waals surface area contributed by atoms with Crippen LogP contribution in [0, 0.1) is 5.82 Å². The van der Waals surface area contributed by atoms with Gasteiger partial charge in [-0.05, 0) is 42.0 Å². The van der Waals surface area contributed by atoms with E-state index in [9.17, 15) is 17.6 Å². The second-order valence-corrected chi connectivity index (χ2v) is 7.19. The molecule has 0 unspecified atom stereocenters. The zero-order chi connectivity index (χ0) is 17.3. The number of hydrogen-bond donors (Lipinski definition) is 2. The molecular formula is C16H15FN2O4S. The highest BCUT2D eigenvalue weighted by molar-refractivity contribution is 7.92. The van der Waals surface area contributed by atoms with Crippen LogP contribution in [0.3, 0.4) is 0 Å². The fraction of sp³-hybridized carbons (Fsp3) is 0.188. The van der Waals surface area contributed by atoms with Gasteiger partial charge >= 0.3 is 0 Å². The van der Waals surface area contributed by atoms with E-state index in [0.717, 1.165) is 30.1 Å². The van der Waals surface area contributed by atoms with E-state index in [1.807, 2.05) is 0 Å². The number of amides is 1. The number of halogens is 1. The molecule has 0 fully saturated rings. The molecule has 0 atom stereocenters. The Hall–Kier alpha value is -2.61. The predicted octanol–water partition coefficient (Wildman–Crippen LogP) is 2.38. The van der Waals surface area contributed by atoms with Gasteiger partial charge in [0.25, 0.3) is 5.91 Å². The number of carbonyl (C=O) groups is 1. The van der Waals surface area contributed by atoms with Gasteiger partial charge in [-0.1, -0.05) is 0 Å². The summed E-state index contributed by atoms with van der Waals surface area (Å²) in [5.74, 6) is -0.331. The minimum absolute atomic E-state index is 0.224. The van der Waals surface area contributed by atoms with Gasteiger partial charge in [0.15, 0.2) is 0 Å². The molecule has 2 aromatic rings. The lowest BCUT2D eigenvalue weighted by atomic mass is 10.1. The summed E-state index contributed by atoms with van der Waals surface area (Å²) in [6, 6.07) is 8.79. The molecule has 6 nitrogen and oxygen atoms in total. The number of ether oxygens (including phenoxy) is 1. The van der Waals surface area contributed by atoms with E-state index in [1.54, 1.807) is 18.2 Å². The van der Waals surface area contributed by atoms with Crippen molar-refractivity contribution in [3.05, 3.63) is 53.3 Å². The number of carbonyl (C=O) groups excluding carboxylic acids is 1. The summed E-state index contributed by atoms with van der Waals surface area (Å²) in [6.45, 7) is 0.596. The van der Waals surface area contributed by atoms with E-state index in [-0.39, 0.29) is 17.3 Å². The maximum Gasteiger partial charge on any atom is 0.255 e. The maximum absolute atomic E-state index is 13.7. The van der Waals surface area contributed by atoms with Gasteiger partial charge in [-0.25, -0.2) is 12.8 Å². The van der Waals surface area contributed by atoms with Crippen LogP contribution in [-0.4, -0.2) is 27.2 Å². The fourth-order valence-corrected chi connectivity index (χ4v) is 2.97. The second kappa shape index (κ2) is 6.12. The van der Waals surface area contributed by atoms with Crippen molar-refractivity contribution in [1.29, 1.82) is 0 Å². The summed E-state index contributed by atoms with van der Waals surface area (Å²) in [7, 11) is -3.62. The van der Waals surface area contributed by atoms with E-state index in [1.165, 1.54) is 12.1 Å². The van der Waals surface area contributed by atoms with Crippen molar-refractivity contribution in [2.24, 2.45) is 0 Å². The van der Waals surface area contributed by atoms with Gasteiger partial charge in [-0.15, -0.1) is 0 Å². The molecule has 0 spiro atoms. The van der Waals surface area contributed by atoms with Gasteiger partial charge in [0, 0.05) is 17.7 Å². The molecule has 24 heavy (non-hydrogen) atoms. The first kappa shape index (κ1) is 16.3. The van der Waals surface area contributed by atoms with Crippen LogP contribution in [0.5, 0.6) is 5.75 Å². The summed E-state index contributed by atoms with van der Waals surface area (Å²) >= 11 is 0. The molecule has 0 radical (unpaired) electrons. The average Bonchev–Trinajstić information content (AvgIpc) is 2.96. The van der Waals surface area contributed by atoms with E-state index >= 15 is 0 Å². The summed E-state index contributed by atoms with van der Waals surface area (Å²) in [5.41, 5.74) is 1.46. The van der Waals surface area contributed by atoms with Gasteiger partial charge in [-0.3, -0.25) is 9.52 Å². The monoisotopic (exact) mass is 350 g/mol. The Morgan fingerprint density at radius 1 is 1.21 bits per heavy atom. The van der Waals surface area contributed by atoms with Crippen LogP contribution in [0.15, 0.2) is 36.4 Å². The molecule has 1 heterocycles. The number of anilines is 2. The molecule has 1 aliphatic rings. The number of benzene rings is 2. The molecule has 0 aliphatic carbocycles. The lowest BCUT2D eigenvalue weighted by Gasteiger charge is -2.10. The lowest BCUT2D eigenvalue weighted by molar-refractivity contribution is 0.102. The normalized spacial score (nSPS) is 13.1. The molecule has 0 bridgehead atoms. The first-order valence-corrected chi connectivity index (χ1v) is 9.05. The van der Waals surface area contributed by atoms with Crippen LogP contribution >= 0.6 is 0 Å². The van der Waals surface area contributed by atoms with Gasteiger partial charge in [-0.2, -0.15) is 0 Å². The molecule has 0 saturated heterocycles. The molecule has 0 saturated carbocycles. The number of hydrogen-bond acceptors (Lipinski definition) is 4. The number of fused-ring (bicyclic) bond motifs is 1. The number of rotatable bonds is 4. The smallest absolute Gasteiger partial charge is 0.255 e. The molecule has 2 aromatic carbocycles. The van der Waals surface area contributed by atoms with Crippen molar-refractivity contribution in [1.82, 2.24) is 0 Å². The van der Waals surface area contributed by atoms with Crippen LogP contribution < -0.4 is 14.8 Å². The van der Waals surface area contributed by atoms with Gasteiger partial charge in [0.1, 0.15) is 11.6 Å². The molecule has 1 aliphatic heterocycles. The molecule has 2 N–H and O–H groups in total. The van der Waals surface area contributed by atoms with Crippen LogP contribution in [0.25, 0.3) is 0 Å². The third-order valence-corrected chi connectivity index (χ3v) is 4.06. The Bertz CT molecular complexity index is 912. The van der Waals surface area contributed by atoms with Crippen molar-refractivity contribution < 1.29 is 22.3 Å². The topological polar surface area (TPSA) is 84.5 Å². The van der Waals surface area contributed by atoms with Crippen molar-refractivity contribution in [2.45, 2.75) is 6.42 Å².